The van der Waals surface area contributed by atoms with Gasteiger partial charge in [0.1, 0.15) is 3.14 Å². The zero-order valence-electron chi connectivity index (χ0n) is 15.4. The molecule has 0 atom stereocenters. The van der Waals surface area contributed by atoms with E-state index in [0.29, 0.717) is 72.6 Å². The Morgan fingerprint density at radius 3 is 1.67 bits per heavy atom. The Bertz CT molecular complexity index is 561. The molecule has 0 bridgehead atoms. The van der Waals surface area contributed by atoms with Crippen LogP contribution in [0.5, 0.6) is 0 Å². The van der Waals surface area contributed by atoms with Crippen LogP contribution in [0, 0.1) is 3.14 Å². The molecule has 1 fully saturated rings. The molecule has 7 nitrogen and oxygen atoms in total. The van der Waals surface area contributed by atoms with E-state index in [9.17, 15) is 4.79 Å². The van der Waals surface area contributed by atoms with E-state index < -0.39 is 0 Å². The molecule has 0 unspecified atom stereocenters. The maximum atomic E-state index is 11.2. The molecule has 0 N–H and O–H groups in total. The molecule has 1 aromatic rings. The van der Waals surface area contributed by atoms with E-state index in [4.69, 9.17) is 35.9 Å². The summed E-state index contributed by atoms with van der Waals surface area (Å²) in [6.07, 6.45) is 0.889. The van der Waals surface area contributed by atoms with Gasteiger partial charge in [0.15, 0.2) is 6.29 Å². The average molecular weight is 438 g/mol. The Balaban J connectivity index is 1.83. The summed E-state index contributed by atoms with van der Waals surface area (Å²) in [7, 11) is 0. The predicted molar refractivity (Wildman–Crippen MR) is 108 cm³/mol. The van der Waals surface area contributed by atoms with Gasteiger partial charge in [0.05, 0.1) is 70.9 Å². The molecular formula is C17H27NO6S3. The molecule has 10 heteroatoms. The number of nitrogens with zero attached hydrogens (tertiary/aromatic N) is 1. The van der Waals surface area contributed by atoms with Crippen LogP contribution in [0.4, 0.5) is 0 Å². The van der Waals surface area contributed by atoms with Crippen LogP contribution in [0.3, 0.4) is 0 Å². The lowest BCUT2D eigenvalue weighted by Crippen LogP contribution is -2.31. The fourth-order valence-electron chi connectivity index (χ4n) is 2.36. The second-order valence-electron chi connectivity index (χ2n) is 5.70. The first-order chi connectivity index (χ1) is 13.3. The molecule has 2 rings (SSSR count). The van der Waals surface area contributed by atoms with Crippen molar-refractivity contribution >= 4 is 41.2 Å². The van der Waals surface area contributed by atoms with Gasteiger partial charge in [-0.25, -0.2) is 0 Å². The molecular weight excluding hydrogens is 410 g/mol. The van der Waals surface area contributed by atoms with Gasteiger partial charge in [-0.2, -0.15) is 0 Å². The third-order valence-electron chi connectivity index (χ3n) is 3.74. The average Bonchev–Trinajstić information content (AvgIpc) is 3.02. The predicted octanol–water partition coefficient (Wildman–Crippen LogP) is 2.25. The van der Waals surface area contributed by atoms with E-state index in [1.54, 1.807) is 0 Å². The Kier molecular flexibility index (Phi) is 12.5. The molecule has 154 valence electrons. The van der Waals surface area contributed by atoms with E-state index in [2.05, 4.69) is 4.90 Å². The number of hydrogen-bond acceptors (Lipinski definition) is 10. The third kappa shape index (κ3) is 10.2. The van der Waals surface area contributed by atoms with Crippen molar-refractivity contribution in [3.8, 4) is 0 Å². The Hall–Kier alpha value is -0.300. The van der Waals surface area contributed by atoms with Crippen molar-refractivity contribution in [2.75, 3.05) is 79.2 Å². The smallest absolute Gasteiger partial charge is 0.161 e. The fourth-order valence-corrected chi connectivity index (χ4v) is 4.92. The van der Waals surface area contributed by atoms with Gasteiger partial charge in [-0.05, 0) is 0 Å². The summed E-state index contributed by atoms with van der Waals surface area (Å²) >= 11 is 8.10. The first-order valence-electron chi connectivity index (χ1n) is 8.98. The number of rotatable bonds is 3. The third-order valence-corrected chi connectivity index (χ3v) is 6.36. The summed E-state index contributed by atoms with van der Waals surface area (Å²) in [6, 6.07) is 0. The summed E-state index contributed by atoms with van der Waals surface area (Å²) in [5, 5.41) is 0. The lowest BCUT2D eigenvalue weighted by Gasteiger charge is -2.22. The minimum atomic E-state index is 0.546. The van der Waals surface area contributed by atoms with Gasteiger partial charge in [-0.15, -0.1) is 22.7 Å². The monoisotopic (exact) mass is 437 g/mol. The van der Waals surface area contributed by atoms with Gasteiger partial charge in [0, 0.05) is 24.5 Å². The highest BCUT2D eigenvalue weighted by molar-refractivity contribution is 7.76. The standard InChI is InChI=1S/C17H27NO6S3/c19-14-16-15(26-17(25)27-16)13-18-1-3-20-5-7-22-9-11-24-12-10-23-8-6-21-4-2-18/h14H,1-13H2. The first-order valence-corrected chi connectivity index (χ1v) is 11.0. The van der Waals surface area contributed by atoms with Gasteiger partial charge >= 0.3 is 0 Å². The molecule has 27 heavy (non-hydrogen) atoms. The van der Waals surface area contributed by atoms with E-state index in [0.717, 1.165) is 32.3 Å². The summed E-state index contributed by atoms with van der Waals surface area (Å²) in [5.74, 6) is 0. The summed E-state index contributed by atoms with van der Waals surface area (Å²) in [5.41, 5.74) is 0. The van der Waals surface area contributed by atoms with E-state index in [-0.39, 0.29) is 0 Å². The topological polar surface area (TPSA) is 66.5 Å². The molecule has 0 radical (unpaired) electrons. The van der Waals surface area contributed by atoms with Crippen LogP contribution in [-0.2, 0) is 30.2 Å². The number of aldehydes is 1. The van der Waals surface area contributed by atoms with Crippen LogP contribution < -0.4 is 0 Å². The number of hydrogen-bond donors (Lipinski definition) is 0. The molecule has 0 aliphatic carbocycles. The van der Waals surface area contributed by atoms with Crippen LogP contribution >= 0.6 is 34.9 Å². The highest BCUT2D eigenvalue weighted by Gasteiger charge is 2.12. The van der Waals surface area contributed by atoms with E-state index in [1.807, 2.05) is 0 Å². The van der Waals surface area contributed by atoms with Crippen molar-refractivity contribution in [2.45, 2.75) is 6.54 Å². The number of carbonyl (C=O) groups is 1. The van der Waals surface area contributed by atoms with Gasteiger partial charge in [0.2, 0.25) is 0 Å². The lowest BCUT2D eigenvalue weighted by molar-refractivity contribution is -0.0189. The van der Waals surface area contributed by atoms with Crippen molar-refractivity contribution in [1.82, 2.24) is 4.90 Å². The second kappa shape index (κ2) is 14.7. The molecule has 1 saturated heterocycles. The second-order valence-corrected chi connectivity index (χ2v) is 9.04. The SMILES string of the molecule is O=Cc1sc(=S)sc1CN1CCOCCOCCOCCOCCOCC1. The molecule has 1 aliphatic rings. The maximum Gasteiger partial charge on any atom is 0.161 e. The fraction of sp³-hybridized carbons (Fsp3) is 0.765. The molecule has 0 amide bonds. The molecule has 2 heterocycles. The number of ether oxygens (including phenoxy) is 5. The highest BCUT2D eigenvalue weighted by atomic mass is 32.2. The van der Waals surface area contributed by atoms with E-state index in [1.165, 1.54) is 22.7 Å². The van der Waals surface area contributed by atoms with Crippen LogP contribution in [0.25, 0.3) is 0 Å². The summed E-state index contributed by atoms with van der Waals surface area (Å²) < 4.78 is 28.4. The van der Waals surface area contributed by atoms with Crippen LogP contribution in [0.2, 0.25) is 0 Å². The Morgan fingerprint density at radius 2 is 1.22 bits per heavy atom. The van der Waals surface area contributed by atoms with Crippen LogP contribution in [-0.4, -0.2) is 90.3 Å². The highest BCUT2D eigenvalue weighted by Crippen LogP contribution is 2.24. The minimum Gasteiger partial charge on any atom is -0.378 e. The molecule has 0 saturated carbocycles. The van der Waals surface area contributed by atoms with Crippen molar-refractivity contribution in [3.63, 3.8) is 0 Å². The first kappa shape index (κ1) is 23.0. The zero-order valence-corrected chi connectivity index (χ0v) is 17.8. The molecule has 1 aliphatic heterocycles. The van der Waals surface area contributed by atoms with Gasteiger partial charge < -0.3 is 23.7 Å². The van der Waals surface area contributed by atoms with Gasteiger partial charge in [-0.3, -0.25) is 9.69 Å². The molecule has 0 spiro atoms. The number of carbonyl (C=O) groups excluding carboxylic acids is 1. The van der Waals surface area contributed by atoms with Crippen molar-refractivity contribution in [3.05, 3.63) is 12.9 Å². The maximum absolute atomic E-state index is 11.2. The summed E-state index contributed by atoms with van der Waals surface area (Å²) in [4.78, 5) is 15.2. The zero-order chi connectivity index (χ0) is 19.2. The van der Waals surface area contributed by atoms with E-state index >= 15 is 0 Å². The molecule has 0 aromatic carbocycles. The van der Waals surface area contributed by atoms with Gasteiger partial charge in [0.25, 0.3) is 0 Å². The van der Waals surface area contributed by atoms with Crippen molar-refractivity contribution in [1.29, 1.82) is 0 Å². The normalized spacial score (nSPS) is 20.6. The molecule has 1 aromatic heterocycles. The lowest BCUT2D eigenvalue weighted by atomic mass is 10.3. The Labute approximate surface area is 173 Å². The van der Waals surface area contributed by atoms with Crippen LogP contribution in [0.1, 0.15) is 14.5 Å². The Morgan fingerprint density at radius 1 is 0.778 bits per heavy atom. The minimum absolute atomic E-state index is 0.546. The quantitative estimate of drug-likeness (QED) is 0.527. The summed E-state index contributed by atoms with van der Waals surface area (Å²) in [6.45, 7) is 7.74. The largest absolute Gasteiger partial charge is 0.378 e. The van der Waals surface area contributed by atoms with Gasteiger partial charge in [-0.1, -0.05) is 12.2 Å². The van der Waals surface area contributed by atoms with Crippen molar-refractivity contribution in [2.24, 2.45) is 0 Å². The van der Waals surface area contributed by atoms with Crippen molar-refractivity contribution < 1.29 is 28.5 Å². The van der Waals surface area contributed by atoms with Crippen LogP contribution in [0.15, 0.2) is 0 Å².